The molecule has 186 valence electrons. The first kappa shape index (κ1) is 26.5. The van der Waals surface area contributed by atoms with Gasteiger partial charge < -0.3 is 10.2 Å². The third-order valence-corrected chi connectivity index (χ3v) is 5.99. The lowest BCUT2D eigenvalue weighted by molar-refractivity contribution is -0.117. The minimum Gasteiger partial charge on any atom is -0.329 e. The van der Waals surface area contributed by atoms with E-state index < -0.39 is 0 Å². The van der Waals surface area contributed by atoms with E-state index in [0.717, 1.165) is 36.2 Å². The van der Waals surface area contributed by atoms with Gasteiger partial charge in [-0.25, -0.2) is 4.68 Å². The predicted molar refractivity (Wildman–Crippen MR) is 143 cm³/mol. The smallest absolute Gasteiger partial charge is 0.254 e. The number of amides is 2. The van der Waals surface area contributed by atoms with Crippen LogP contribution in [0, 0.1) is 6.92 Å². The molecule has 1 heterocycles. The van der Waals surface area contributed by atoms with Gasteiger partial charge >= 0.3 is 0 Å². The maximum atomic E-state index is 13.2. The van der Waals surface area contributed by atoms with E-state index in [-0.39, 0.29) is 23.8 Å². The van der Waals surface area contributed by atoms with Gasteiger partial charge in [0, 0.05) is 28.6 Å². The summed E-state index contributed by atoms with van der Waals surface area (Å²) in [6.45, 7) is 10.8. The summed E-state index contributed by atoms with van der Waals surface area (Å²) in [6, 6.07) is 16.6. The van der Waals surface area contributed by atoms with Crippen molar-refractivity contribution in [3.8, 4) is 5.69 Å². The Morgan fingerprint density at radius 1 is 1.06 bits per heavy atom. The molecule has 0 aliphatic heterocycles. The van der Waals surface area contributed by atoms with Gasteiger partial charge in [-0.2, -0.15) is 5.10 Å². The number of anilines is 1. The molecule has 0 saturated carbocycles. The molecule has 6 nitrogen and oxygen atoms in total. The number of hydrogen-bond acceptors (Lipinski definition) is 3. The fourth-order valence-electron chi connectivity index (χ4n) is 3.73. The van der Waals surface area contributed by atoms with Crippen LogP contribution in [0.4, 0.5) is 5.82 Å². The highest BCUT2D eigenvalue weighted by Gasteiger charge is 2.23. The molecule has 0 spiro atoms. The van der Waals surface area contributed by atoms with Gasteiger partial charge in [0.05, 0.1) is 11.4 Å². The van der Waals surface area contributed by atoms with E-state index in [4.69, 9.17) is 16.7 Å². The quantitative estimate of drug-likeness (QED) is 0.350. The molecule has 0 bridgehead atoms. The molecule has 0 radical (unpaired) electrons. The minimum absolute atomic E-state index is 0.0466. The summed E-state index contributed by atoms with van der Waals surface area (Å²) in [4.78, 5) is 28.0. The van der Waals surface area contributed by atoms with E-state index in [1.165, 1.54) is 0 Å². The second kappa shape index (κ2) is 11.5. The number of nitrogens with zero attached hydrogens (tertiary/aromatic N) is 3. The van der Waals surface area contributed by atoms with Crippen LogP contribution in [0.5, 0.6) is 0 Å². The van der Waals surface area contributed by atoms with Gasteiger partial charge in [0.1, 0.15) is 12.4 Å². The number of carbonyl (C=O) groups is 2. The summed E-state index contributed by atoms with van der Waals surface area (Å²) < 4.78 is 1.76. The molecule has 0 saturated heterocycles. The van der Waals surface area contributed by atoms with Crippen LogP contribution < -0.4 is 5.32 Å². The number of unbranched alkanes of at least 4 members (excludes halogenated alkanes) is 2. The first-order valence-corrected chi connectivity index (χ1v) is 12.5. The van der Waals surface area contributed by atoms with Crippen molar-refractivity contribution in [1.29, 1.82) is 0 Å². The Bertz CT molecular complexity index is 1160. The number of hydrogen-bond donors (Lipinski definition) is 1. The summed E-state index contributed by atoms with van der Waals surface area (Å²) >= 11 is 5.98. The molecule has 3 rings (SSSR count). The van der Waals surface area contributed by atoms with Crippen molar-refractivity contribution in [1.82, 2.24) is 14.7 Å². The molecule has 3 aromatic rings. The van der Waals surface area contributed by atoms with Crippen molar-refractivity contribution in [3.63, 3.8) is 0 Å². The number of halogens is 1. The second-order valence-electron chi connectivity index (χ2n) is 9.90. The highest BCUT2D eigenvalue weighted by Crippen LogP contribution is 2.26. The van der Waals surface area contributed by atoms with Crippen LogP contribution in [-0.2, 0) is 10.2 Å². The molecular weight excluding hydrogens is 460 g/mol. The maximum absolute atomic E-state index is 13.2. The molecule has 0 aliphatic carbocycles. The normalized spacial score (nSPS) is 11.4. The lowest BCUT2D eigenvalue weighted by Gasteiger charge is -2.22. The Hall–Kier alpha value is -3.12. The molecule has 0 atom stereocenters. The molecular formula is C28H35ClN4O2. The number of carbonyl (C=O) groups excluding carboxylic acids is 2. The summed E-state index contributed by atoms with van der Waals surface area (Å²) in [7, 11) is 0. The average Bonchev–Trinajstić information content (AvgIpc) is 3.23. The van der Waals surface area contributed by atoms with E-state index >= 15 is 0 Å². The molecule has 1 aromatic heterocycles. The summed E-state index contributed by atoms with van der Waals surface area (Å²) in [6.07, 6.45) is 2.85. The fraction of sp³-hybridized carbons (Fsp3) is 0.393. The monoisotopic (exact) mass is 494 g/mol. The van der Waals surface area contributed by atoms with Gasteiger partial charge in [0.25, 0.3) is 5.91 Å². The van der Waals surface area contributed by atoms with Crippen LogP contribution in [0.1, 0.15) is 68.6 Å². The molecule has 2 aromatic carbocycles. The standard InChI is InChI=1S/C28H35ClN4O2/c1-6-7-8-16-32(27(35)21-12-14-22(29)15-13-21)19-26(34)30-25-18-24(28(3,4)5)31-33(25)23-11-9-10-20(2)17-23/h9-15,17-18H,6-8,16,19H2,1-5H3,(H,30,34). The van der Waals surface area contributed by atoms with Gasteiger partial charge in [-0.1, -0.05) is 64.3 Å². The molecule has 0 aliphatic rings. The molecule has 0 unspecified atom stereocenters. The Morgan fingerprint density at radius 3 is 2.40 bits per heavy atom. The van der Waals surface area contributed by atoms with Crippen LogP contribution in [0.2, 0.25) is 5.02 Å². The second-order valence-corrected chi connectivity index (χ2v) is 10.3. The van der Waals surface area contributed by atoms with Gasteiger partial charge in [-0.05, 0) is 55.3 Å². The number of aromatic nitrogens is 2. The fourth-order valence-corrected chi connectivity index (χ4v) is 3.86. The molecule has 1 N–H and O–H groups in total. The first-order valence-electron chi connectivity index (χ1n) is 12.1. The van der Waals surface area contributed by atoms with Crippen molar-refractivity contribution in [2.75, 3.05) is 18.4 Å². The summed E-state index contributed by atoms with van der Waals surface area (Å²) in [5, 5.41) is 8.36. The number of rotatable bonds is 9. The average molecular weight is 495 g/mol. The third-order valence-electron chi connectivity index (χ3n) is 5.74. The largest absolute Gasteiger partial charge is 0.329 e. The van der Waals surface area contributed by atoms with Crippen LogP contribution in [0.25, 0.3) is 5.69 Å². The minimum atomic E-state index is -0.266. The van der Waals surface area contributed by atoms with Gasteiger partial charge in [0.15, 0.2) is 0 Å². The third kappa shape index (κ3) is 7.18. The van der Waals surface area contributed by atoms with Crippen LogP contribution in [0.3, 0.4) is 0 Å². The Kier molecular flexibility index (Phi) is 8.73. The topological polar surface area (TPSA) is 67.2 Å². The zero-order chi connectivity index (χ0) is 25.6. The zero-order valence-electron chi connectivity index (χ0n) is 21.3. The van der Waals surface area contributed by atoms with Crippen molar-refractivity contribution in [2.45, 2.75) is 59.3 Å². The molecule has 35 heavy (non-hydrogen) atoms. The van der Waals surface area contributed by atoms with Crippen molar-refractivity contribution in [3.05, 3.63) is 76.4 Å². The summed E-state index contributed by atoms with van der Waals surface area (Å²) in [5.74, 6) is 0.131. The highest BCUT2D eigenvalue weighted by atomic mass is 35.5. The highest BCUT2D eigenvalue weighted by molar-refractivity contribution is 6.30. The van der Waals surface area contributed by atoms with E-state index in [1.54, 1.807) is 33.8 Å². The van der Waals surface area contributed by atoms with E-state index in [0.29, 0.717) is 22.9 Å². The van der Waals surface area contributed by atoms with E-state index in [2.05, 4.69) is 33.0 Å². The molecule has 7 heteroatoms. The lowest BCUT2D eigenvalue weighted by Crippen LogP contribution is -2.39. The Morgan fingerprint density at radius 2 is 1.77 bits per heavy atom. The number of benzene rings is 2. The molecule has 0 fully saturated rings. The summed E-state index contributed by atoms with van der Waals surface area (Å²) in [5.41, 5.74) is 3.16. The first-order chi connectivity index (χ1) is 16.6. The van der Waals surface area contributed by atoms with Crippen LogP contribution >= 0.6 is 11.6 Å². The molecule has 2 amide bonds. The van der Waals surface area contributed by atoms with Crippen molar-refractivity contribution in [2.24, 2.45) is 0 Å². The SMILES string of the molecule is CCCCCN(CC(=O)Nc1cc(C(C)(C)C)nn1-c1cccc(C)c1)C(=O)c1ccc(Cl)cc1. The maximum Gasteiger partial charge on any atom is 0.254 e. The van der Waals surface area contributed by atoms with Gasteiger partial charge in [0.2, 0.25) is 5.91 Å². The predicted octanol–water partition coefficient (Wildman–Crippen LogP) is 6.40. The number of aryl methyl sites for hydroxylation is 1. The zero-order valence-corrected chi connectivity index (χ0v) is 22.0. The van der Waals surface area contributed by atoms with Crippen molar-refractivity contribution < 1.29 is 9.59 Å². The van der Waals surface area contributed by atoms with Crippen LogP contribution in [0.15, 0.2) is 54.6 Å². The Labute approximate surface area is 213 Å². The van der Waals surface area contributed by atoms with Gasteiger partial charge in [-0.3, -0.25) is 9.59 Å². The van der Waals surface area contributed by atoms with E-state index in [1.807, 2.05) is 37.3 Å². The van der Waals surface area contributed by atoms with Crippen LogP contribution in [-0.4, -0.2) is 39.6 Å². The van der Waals surface area contributed by atoms with Crippen molar-refractivity contribution >= 4 is 29.2 Å². The van der Waals surface area contributed by atoms with E-state index in [9.17, 15) is 9.59 Å². The lowest BCUT2D eigenvalue weighted by atomic mass is 9.92. The number of nitrogens with one attached hydrogen (secondary N) is 1. The Balaban J connectivity index is 1.85. The van der Waals surface area contributed by atoms with Gasteiger partial charge in [-0.15, -0.1) is 0 Å².